The minimum Gasteiger partial charge on any atom is -0.370 e. The third-order valence-corrected chi connectivity index (χ3v) is 2.26. The maximum Gasteiger partial charge on any atom is 0.185 e. The van der Waals surface area contributed by atoms with Gasteiger partial charge in [0, 0.05) is 18.9 Å². The lowest BCUT2D eigenvalue weighted by Crippen LogP contribution is -2.23. The number of fused-ring (bicyclic) bond motifs is 1. The molecule has 78 valence electrons. The summed E-state index contributed by atoms with van der Waals surface area (Å²) in [5.74, 6) is 0.145. The van der Waals surface area contributed by atoms with E-state index in [0.29, 0.717) is 6.54 Å². The molecule has 1 heterocycles. The van der Waals surface area contributed by atoms with E-state index >= 15 is 0 Å². The third-order valence-electron chi connectivity index (χ3n) is 2.26. The Labute approximate surface area is 88.2 Å². The molecule has 0 spiro atoms. The van der Waals surface area contributed by atoms with Gasteiger partial charge in [0.05, 0.1) is 6.54 Å². The molecule has 0 radical (unpaired) electrons. The predicted octanol–water partition coefficient (Wildman–Crippen LogP) is 0.915. The van der Waals surface area contributed by atoms with Crippen molar-refractivity contribution in [3.8, 4) is 0 Å². The number of nitrogens with zero attached hydrogens (tertiary/aromatic N) is 2. The van der Waals surface area contributed by atoms with Gasteiger partial charge in [0.1, 0.15) is 0 Å². The Balaban J connectivity index is 2.12. The fraction of sp³-hybridized carbons (Fsp3) is 0.182. The first-order valence-electron chi connectivity index (χ1n) is 4.85. The largest absolute Gasteiger partial charge is 0.370 e. The van der Waals surface area contributed by atoms with E-state index in [4.69, 9.17) is 11.5 Å². The minimum absolute atomic E-state index is 0.145. The molecule has 2 rings (SSSR count). The van der Waals surface area contributed by atoms with E-state index < -0.39 is 0 Å². The van der Waals surface area contributed by atoms with E-state index in [1.807, 2.05) is 12.1 Å². The first-order valence-corrected chi connectivity index (χ1v) is 4.85. The lowest BCUT2D eigenvalue weighted by Gasteiger charge is -1.98. The molecule has 0 aliphatic rings. The maximum atomic E-state index is 5.25. The summed E-state index contributed by atoms with van der Waals surface area (Å²) in [5.41, 5.74) is 10.5. The number of hydrogen-bond donors (Lipinski definition) is 2. The number of guanidine groups is 1. The van der Waals surface area contributed by atoms with Crippen molar-refractivity contribution in [2.24, 2.45) is 16.5 Å². The van der Waals surface area contributed by atoms with Crippen LogP contribution in [-0.2, 0) is 6.54 Å². The Morgan fingerprint density at radius 1 is 1.13 bits per heavy atom. The van der Waals surface area contributed by atoms with Crippen LogP contribution in [0.4, 0.5) is 0 Å². The van der Waals surface area contributed by atoms with Gasteiger partial charge in [-0.25, -0.2) is 0 Å². The van der Waals surface area contributed by atoms with Crippen molar-refractivity contribution >= 4 is 16.7 Å². The second-order valence-corrected chi connectivity index (χ2v) is 3.43. The van der Waals surface area contributed by atoms with Crippen LogP contribution < -0.4 is 11.5 Å². The van der Waals surface area contributed by atoms with Crippen LogP contribution in [0.15, 0.2) is 41.7 Å². The van der Waals surface area contributed by atoms with Crippen molar-refractivity contribution in [1.82, 2.24) is 4.57 Å². The first-order chi connectivity index (χ1) is 7.25. The molecule has 0 bridgehead atoms. The molecule has 0 amide bonds. The molecule has 0 saturated carbocycles. The van der Waals surface area contributed by atoms with Crippen molar-refractivity contribution in [2.75, 3.05) is 6.54 Å². The third kappa shape index (κ3) is 2.28. The highest BCUT2D eigenvalue weighted by Crippen LogP contribution is 2.14. The van der Waals surface area contributed by atoms with Gasteiger partial charge in [-0.2, -0.15) is 0 Å². The van der Waals surface area contributed by atoms with E-state index in [9.17, 15) is 0 Å². The van der Waals surface area contributed by atoms with Crippen LogP contribution in [0.25, 0.3) is 10.8 Å². The topological polar surface area (TPSA) is 69.3 Å². The zero-order valence-electron chi connectivity index (χ0n) is 8.43. The van der Waals surface area contributed by atoms with Crippen LogP contribution in [0, 0.1) is 0 Å². The quantitative estimate of drug-likeness (QED) is 0.574. The summed E-state index contributed by atoms with van der Waals surface area (Å²) in [5, 5.41) is 2.48. The maximum absolute atomic E-state index is 5.25. The van der Waals surface area contributed by atoms with Gasteiger partial charge in [0.15, 0.2) is 5.96 Å². The van der Waals surface area contributed by atoms with Crippen molar-refractivity contribution < 1.29 is 0 Å². The molecule has 4 nitrogen and oxygen atoms in total. The Kier molecular flexibility index (Phi) is 2.58. The smallest absolute Gasteiger partial charge is 0.185 e. The van der Waals surface area contributed by atoms with E-state index in [2.05, 4.69) is 34.1 Å². The van der Waals surface area contributed by atoms with Crippen LogP contribution in [0.1, 0.15) is 0 Å². The lowest BCUT2D eigenvalue weighted by atomic mass is 10.2. The summed E-state index contributed by atoms with van der Waals surface area (Å²) in [7, 11) is 0. The Hall–Kier alpha value is -1.97. The molecule has 4 heteroatoms. The van der Waals surface area contributed by atoms with Gasteiger partial charge >= 0.3 is 0 Å². The lowest BCUT2D eigenvalue weighted by molar-refractivity contribution is 0.716. The standard InChI is InChI=1S/C11H14N4/c12-11(13)14-5-6-15-7-9-3-1-2-4-10(9)8-15/h1-4,7-8H,5-6H2,(H4,12,13,14). The SMILES string of the molecule is NC(N)=NCCn1cc2ccccc2c1. The zero-order chi connectivity index (χ0) is 10.7. The van der Waals surface area contributed by atoms with Gasteiger partial charge in [-0.1, -0.05) is 24.3 Å². The normalized spacial score (nSPS) is 10.4. The summed E-state index contributed by atoms with van der Waals surface area (Å²) < 4.78 is 2.09. The predicted molar refractivity (Wildman–Crippen MR) is 62.6 cm³/mol. The van der Waals surface area contributed by atoms with Crippen LogP contribution in [0.3, 0.4) is 0 Å². The number of nitrogens with two attached hydrogens (primary N) is 2. The molecular weight excluding hydrogens is 188 g/mol. The summed E-state index contributed by atoms with van der Waals surface area (Å²) in [6, 6.07) is 8.24. The summed E-state index contributed by atoms with van der Waals surface area (Å²) in [6.45, 7) is 1.41. The highest BCUT2D eigenvalue weighted by Gasteiger charge is 1.96. The highest BCUT2D eigenvalue weighted by molar-refractivity contribution is 5.82. The second-order valence-electron chi connectivity index (χ2n) is 3.43. The Morgan fingerprint density at radius 3 is 2.27 bits per heavy atom. The average molecular weight is 202 g/mol. The molecule has 1 aromatic heterocycles. The van der Waals surface area contributed by atoms with Crippen molar-refractivity contribution in [3.05, 3.63) is 36.7 Å². The molecule has 0 fully saturated rings. The first kappa shape index (κ1) is 9.58. The molecule has 15 heavy (non-hydrogen) atoms. The van der Waals surface area contributed by atoms with Gasteiger partial charge in [-0.3, -0.25) is 4.99 Å². The number of aromatic nitrogens is 1. The van der Waals surface area contributed by atoms with Crippen molar-refractivity contribution in [2.45, 2.75) is 6.54 Å². The second kappa shape index (κ2) is 4.04. The van der Waals surface area contributed by atoms with Gasteiger partial charge in [-0.05, 0) is 10.8 Å². The molecule has 0 aliphatic heterocycles. The zero-order valence-corrected chi connectivity index (χ0v) is 8.43. The summed E-state index contributed by atoms with van der Waals surface area (Å²) in [6.07, 6.45) is 4.19. The molecule has 4 N–H and O–H groups in total. The summed E-state index contributed by atoms with van der Waals surface area (Å²) >= 11 is 0. The molecule has 0 atom stereocenters. The molecule has 0 unspecified atom stereocenters. The van der Waals surface area contributed by atoms with E-state index in [1.165, 1.54) is 10.8 Å². The van der Waals surface area contributed by atoms with Crippen LogP contribution in [0.2, 0.25) is 0 Å². The Morgan fingerprint density at radius 2 is 1.73 bits per heavy atom. The van der Waals surface area contributed by atoms with Gasteiger partial charge in [-0.15, -0.1) is 0 Å². The van der Waals surface area contributed by atoms with E-state index in [1.54, 1.807) is 0 Å². The fourth-order valence-corrected chi connectivity index (χ4v) is 1.56. The molecule has 1 aromatic carbocycles. The van der Waals surface area contributed by atoms with Crippen molar-refractivity contribution in [1.29, 1.82) is 0 Å². The van der Waals surface area contributed by atoms with E-state index in [0.717, 1.165) is 6.54 Å². The van der Waals surface area contributed by atoms with Gasteiger partial charge in [0.2, 0.25) is 0 Å². The number of rotatable bonds is 3. The van der Waals surface area contributed by atoms with Gasteiger partial charge < -0.3 is 16.0 Å². The van der Waals surface area contributed by atoms with Crippen LogP contribution in [0.5, 0.6) is 0 Å². The molecule has 0 saturated heterocycles. The number of hydrogen-bond acceptors (Lipinski definition) is 1. The highest BCUT2D eigenvalue weighted by atomic mass is 15.0. The average Bonchev–Trinajstić information content (AvgIpc) is 2.59. The van der Waals surface area contributed by atoms with Crippen LogP contribution >= 0.6 is 0 Å². The monoisotopic (exact) mass is 202 g/mol. The Bertz CT molecular complexity index is 447. The molecule has 0 aliphatic carbocycles. The molecular formula is C11H14N4. The fourth-order valence-electron chi connectivity index (χ4n) is 1.56. The number of benzene rings is 1. The minimum atomic E-state index is 0.145. The van der Waals surface area contributed by atoms with Crippen LogP contribution in [-0.4, -0.2) is 17.1 Å². The molecule has 2 aromatic rings. The van der Waals surface area contributed by atoms with Crippen molar-refractivity contribution in [3.63, 3.8) is 0 Å². The number of aliphatic imine (C=N–C) groups is 1. The van der Waals surface area contributed by atoms with Gasteiger partial charge in [0.25, 0.3) is 0 Å². The summed E-state index contributed by atoms with van der Waals surface area (Å²) in [4.78, 5) is 3.94. The van der Waals surface area contributed by atoms with E-state index in [-0.39, 0.29) is 5.96 Å².